The van der Waals surface area contributed by atoms with Gasteiger partial charge in [0.25, 0.3) is 5.91 Å². The van der Waals surface area contributed by atoms with Crippen molar-refractivity contribution in [1.82, 2.24) is 19.6 Å². The molecule has 1 aliphatic rings. The number of carbonyl (C=O) groups is 1. The zero-order valence-electron chi connectivity index (χ0n) is 17.8. The maximum absolute atomic E-state index is 13.5. The zero-order valence-corrected chi connectivity index (χ0v) is 17.8. The standard InChI is InChI=1S/C24H28N4O3/c1-31-21-9-5-8-20(16-21)23-22(18-28(25-23)17-19-6-3-2-4-7-19)24(30)27-12-10-26(11-13-27)14-15-29/h2-9,16,18,29H,10-15,17H2,1H3. The van der Waals surface area contributed by atoms with Gasteiger partial charge in [0, 0.05) is 44.5 Å². The maximum Gasteiger partial charge on any atom is 0.257 e. The Morgan fingerprint density at radius 1 is 1.06 bits per heavy atom. The number of ether oxygens (including phenoxy) is 1. The maximum atomic E-state index is 13.5. The fourth-order valence-corrected chi connectivity index (χ4v) is 3.90. The van der Waals surface area contributed by atoms with E-state index in [9.17, 15) is 4.79 Å². The lowest BCUT2D eigenvalue weighted by Gasteiger charge is -2.34. The van der Waals surface area contributed by atoms with Crippen LogP contribution >= 0.6 is 0 Å². The average Bonchev–Trinajstić information content (AvgIpc) is 3.24. The number of piperazine rings is 1. The number of benzene rings is 2. The Balaban J connectivity index is 1.63. The molecule has 0 aliphatic carbocycles. The van der Waals surface area contributed by atoms with Crippen LogP contribution in [-0.4, -0.2) is 77.0 Å². The van der Waals surface area contributed by atoms with Crippen LogP contribution in [0, 0.1) is 0 Å². The Labute approximate surface area is 182 Å². The van der Waals surface area contributed by atoms with Crippen LogP contribution in [0.25, 0.3) is 11.3 Å². The molecule has 0 atom stereocenters. The molecule has 1 fully saturated rings. The number of carbonyl (C=O) groups excluding carboxylic acids is 1. The highest BCUT2D eigenvalue weighted by molar-refractivity contribution is 6.00. The summed E-state index contributed by atoms with van der Waals surface area (Å²) in [5.41, 5.74) is 3.24. The zero-order chi connectivity index (χ0) is 21.6. The fraction of sp³-hybridized carbons (Fsp3) is 0.333. The molecule has 1 amide bonds. The van der Waals surface area contributed by atoms with Gasteiger partial charge in [-0.1, -0.05) is 42.5 Å². The molecule has 0 radical (unpaired) electrons. The molecule has 4 rings (SSSR count). The number of nitrogens with zero attached hydrogens (tertiary/aromatic N) is 4. The summed E-state index contributed by atoms with van der Waals surface area (Å²) in [6, 6.07) is 17.7. The average molecular weight is 421 g/mol. The third-order valence-electron chi connectivity index (χ3n) is 5.60. The van der Waals surface area contributed by atoms with Gasteiger partial charge < -0.3 is 14.7 Å². The number of methoxy groups -OCH3 is 1. The summed E-state index contributed by atoms with van der Waals surface area (Å²) >= 11 is 0. The molecule has 0 bridgehead atoms. The first-order valence-corrected chi connectivity index (χ1v) is 10.6. The Hall–Kier alpha value is -3.16. The van der Waals surface area contributed by atoms with Gasteiger partial charge in [-0.25, -0.2) is 0 Å². The lowest BCUT2D eigenvalue weighted by Crippen LogP contribution is -2.49. The van der Waals surface area contributed by atoms with E-state index in [4.69, 9.17) is 14.9 Å². The van der Waals surface area contributed by atoms with E-state index in [-0.39, 0.29) is 12.5 Å². The Bertz CT molecular complexity index is 1010. The second-order valence-corrected chi connectivity index (χ2v) is 7.66. The minimum atomic E-state index is -0.0132. The van der Waals surface area contributed by atoms with Crippen LogP contribution in [-0.2, 0) is 6.54 Å². The largest absolute Gasteiger partial charge is 0.497 e. The highest BCUT2D eigenvalue weighted by atomic mass is 16.5. The molecule has 0 unspecified atom stereocenters. The smallest absolute Gasteiger partial charge is 0.257 e. The van der Waals surface area contributed by atoms with Crippen molar-refractivity contribution in [1.29, 1.82) is 0 Å². The normalized spacial score (nSPS) is 14.6. The van der Waals surface area contributed by atoms with Crippen LogP contribution in [0.4, 0.5) is 0 Å². The Morgan fingerprint density at radius 3 is 2.55 bits per heavy atom. The van der Waals surface area contributed by atoms with E-state index in [1.165, 1.54) is 0 Å². The van der Waals surface area contributed by atoms with Gasteiger partial charge in [-0.15, -0.1) is 0 Å². The summed E-state index contributed by atoms with van der Waals surface area (Å²) in [5, 5.41) is 13.9. The van der Waals surface area contributed by atoms with Crippen LogP contribution in [0.15, 0.2) is 60.8 Å². The van der Waals surface area contributed by atoms with Gasteiger partial charge in [0.1, 0.15) is 11.4 Å². The van der Waals surface area contributed by atoms with Crippen LogP contribution in [0.3, 0.4) is 0 Å². The minimum Gasteiger partial charge on any atom is -0.497 e. The molecule has 1 N–H and O–H groups in total. The van der Waals surface area contributed by atoms with Crippen molar-refractivity contribution in [3.05, 3.63) is 71.9 Å². The van der Waals surface area contributed by atoms with Gasteiger partial charge in [0.15, 0.2) is 0 Å². The summed E-state index contributed by atoms with van der Waals surface area (Å²) in [6.45, 7) is 4.18. The number of aromatic nitrogens is 2. The molecule has 162 valence electrons. The molecule has 2 aromatic carbocycles. The van der Waals surface area contributed by atoms with E-state index in [0.29, 0.717) is 37.4 Å². The second-order valence-electron chi connectivity index (χ2n) is 7.66. The SMILES string of the molecule is COc1cccc(-c2nn(Cc3ccccc3)cc2C(=O)N2CCN(CCO)CC2)c1. The number of hydrogen-bond donors (Lipinski definition) is 1. The van der Waals surface area contributed by atoms with E-state index >= 15 is 0 Å². The van der Waals surface area contributed by atoms with Crippen molar-refractivity contribution in [2.45, 2.75) is 6.54 Å². The lowest BCUT2D eigenvalue weighted by molar-refractivity contribution is 0.0615. The van der Waals surface area contributed by atoms with Crippen molar-refractivity contribution >= 4 is 5.91 Å². The number of β-amino-alcohol motifs (C(OH)–C–C–N with tert-alkyl or cyclic N) is 1. The van der Waals surface area contributed by atoms with Crippen molar-refractivity contribution in [3.8, 4) is 17.0 Å². The summed E-state index contributed by atoms with van der Waals surface area (Å²) in [6.07, 6.45) is 1.85. The van der Waals surface area contributed by atoms with E-state index in [0.717, 1.165) is 30.0 Å². The van der Waals surface area contributed by atoms with E-state index in [2.05, 4.69) is 17.0 Å². The molecular formula is C24H28N4O3. The van der Waals surface area contributed by atoms with Gasteiger partial charge in [-0.3, -0.25) is 14.4 Å². The molecule has 1 aliphatic heterocycles. The monoisotopic (exact) mass is 420 g/mol. The highest BCUT2D eigenvalue weighted by Gasteiger charge is 2.26. The number of aliphatic hydroxyl groups is 1. The summed E-state index contributed by atoms with van der Waals surface area (Å²) in [7, 11) is 1.63. The summed E-state index contributed by atoms with van der Waals surface area (Å²) in [4.78, 5) is 17.5. The van der Waals surface area contributed by atoms with Gasteiger partial charge in [0.2, 0.25) is 0 Å². The quantitative estimate of drug-likeness (QED) is 0.635. The molecule has 31 heavy (non-hydrogen) atoms. The first kappa shape index (κ1) is 21.1. The molecule has 1 aromatic heterocycles. The third kappa shape index (κ3) is 4.95. The molecule has 7 nitrogen and oxygen atoms in total. The minimum absolute atomic E-state index is 0.0132. The van der Waals surface area contributed by atoms with Crippen LogP contribution in [0.5, 0.6) is 5.75 Å². The van der Waals surface area contributed by atoms with E-state index in [1.807, 2.05) is 58.2 Å². The van der Waals surface area contributed by atoms with Gasteiger partial charge in [-0.2, -0.15) is 5.10 Å². The van der Waals surface area contributed by atoms with Crippen molar-refractivity contribution in [2.24, 2.45) is 0 Å². The molecule has 1 saturated heterocycles. The van der Waals surface area contributed by atoms with E-state index in [1.54, 1.807) is 7.11 Å². The third-order valence-corrected chi connectivity index (χ3v) is 5.60. The van der Waals surface area contributed by atoms with Crippen molar-refractivity contribution in [3.63, 3.8) is 0 Å². The summed E-state index contributed by atoms with van der Waals surface area (Å²) < 4.78 is 7.21. The first-order chi connectivity index (χ1) is 15.2. The van der Waals surface area contributed by atoms with Gasteiger partial charge >= 0.3 is 0 Å². The predicted octanol–water partition coefficient (Wildman–Crippen LogP) is 2.36. The van der Waals surface area contributed by atoms with Crippen molar-refractivity contribution < 1.29 is 14.6 Å². The van der Waals surface area contributed by atoms with Crippen molar-refractivity contribution in [2.75, 3.05) is 46.4 Å². The van der Waals surface area contributed by atoms with Crippen LogP contribution in [0.2, 0.25) is 0 Å². The number of hydrogen-bond acceptors (Lipinski definition) is 5. The highest BCUT2D eigenvalue weighted by Crippen LogP contribution is 2.27. The summed E-state index contributed by atoms with van der Waals surface area (Å²) in [5.74, 6) is 0.715. The Kier molecular flexibility index (Phi) is 6.64. The number of aliphatic hydroxyl groups excluding tert-OH is 1. The topological polar surface area (TPSA) is 70.8 Å². The molecule has 2 heterocycles. The van der Waals surface area contributed by atoms with Crippen LogP contribution < -0.4 is 4.74 Å². The van der Waals surface area contributed by atoms with Gasteiger partial charge in [-0.05, 0) is 17.7 Å². The van der Waals surface area contributed by atoms with E-state index < -0.39 is 0 Å². The first-order valence-electron chi connectivity index (χ1n) is 10.6. The fourth-order valence-electron chi connectivity index (χ4n) is 3.90. The second kappa shape index (κ2) is 9.76. The molecule has 7 heteroatoms. The molecule has 0 saturated carbocycles. The van der Waals surface area contributed by atoms with Crippen LogP contribution in [0.1, 0.15) is 15.9 Å². The number of amides is 1. The molecular weight excluding hydrogens is 392 g/mol. The molecule has 3 aromatic rings. The lowest BCUT2D eigenvalue weighted by atomic mass is 10.1. The van der Waals surface area contributed by atoms with Gasteiger partial charge in [0.05, 0.1) is 25.8 Å². The Morgan fingerprint density at radius 2 is 1.84 bits per heavy atom. The predicted molar refractivity (Wildman–Crippen MR) is 119 cm³/mol. The molecule has 0 spiro atoms. The number of rotatable bonds is 7.